The third kappa shape index (κ3) is 13.3. The van der Waals surface area contributed by atoms with Gasteiger partial charge in [-0.15, -0.1) is 0 Å². The fraction of sp³-hybridized carbons (Fsp3) is 0.283. The summed E-state index contributed by atoms with van der Waals surface area (Å²) in [5.41, 5.74) is 19.3. The Labute approximate surface area is 509 Å². The van der Waals surface area contributed by atoms with Crippen molar-refractivity contribution in [3.8, 4) is 0 Å². The number of carboxylic acids is 2. The molecule has 0 spiro atoms. The van der Waals surface area contributed by atoms with E-state index >= 15 is 0 Å². The van der Waals surface area contributed by atoms with Crippen LogP contribution in [0.4, 0.5) is 16.4 Å². The molecule has 1 unspecified atom stereocenters. The molecular weight excluding hydrogens is 1170 g/mol. The normalized spacial score (nSPS) is 15.9. The van der Waals surface area contributed by atoms with Crippen molar-refractivity contribution in [2.75, 3.05) is 43.4 Å². The fourth-order valence-corrected chi connectivity index (χ4v) is 12.6. The maximum atomic E-state index is 13.9. The van der Waals surface area contributed by atoms with E-state index in [0.29, 0.717) is 73.3 Å². The lowest BCUT2D eigenvalue weighted by Crippen LogP contribution is -2.42. The van der Waals surface area contributed by atoms with Gasteiger partial charge in [0.05, 0.1) is 66.4 Å². The average molecular weight is 1240 g/mol. The second-order valence-electron chi connectivity index (χ2n) is 20.6. The topological polar surface area (TPSA) is 391 Å². The Hall–Kier alpha value is -10.1. The smallest absolute Gasteiger partial charge is 0.426 e. The van der Waals surface area contributed by atoms with Crippen LogP contribution in [0.15, 0.2) is 89.9 Å². The molecule has 4 aliphatic rings. The summed E-state index contributed by atoms with van der Waals surface area (Å²) in [7, 11) is 4.81. The van der Waals surface area contributed by atoms with Gasteiger partial charge in [-0.05, 0) is 122 Å². The van der Waals surface area contributed by atoms with Crippen LogP contribution in [-0.2, 0) is 56.6 Å². The average Bonchev–Trinajstić information content (AvgIpc) is 1.59. The number of fused-ring (bicyclic) bond motifs is 12. The Bertz CT molecular complexity index is 4150. The van der Waals surface area contributed by atoms with E-state index in [1.807, 2.05) is 39.8 Å². The highest BCUT2D eigenvalue weighted by Gasteiger charge is 2.53. The number of nitrogen functional groups attached to an aromatic ring is 1. The first-order chi connectivity index (χ1) is 42.1. The molecule has 0 saturated carbocycles. The molecule has 0 radical (unpaired) electrons. The Balaban J connectivity index is 0.851. The predicted octanol–water partition coefficient (Wildman–Crippen LogP) is 6.68. The number of ether oxygens (including phenoxy) is 3. The molecule has 11 N–H and O–H groups in total. The number of nitrogens with two attached hydrogens (primary N) is 1. The minimum Gasteiger partial charge on any atom is -0.481 e. The summed E-state index contributed by atoms with van der Waals surface area (Å²) in [5, 5.41) is 25.3. The number of benzene rings is 1. The predicted molar refractivity (Wildman–Crippen MR) is 331 cm³/mol. The van der Waals surface area contributed by atoms with E-state index in [0.717, 1.165) is 33.1 Å². The number of nitrogens with zero attached hydrogens (tertiary/aromatic N) is 5. The van der Waals surface area contributed by atoms with Crippen LogP contribution in [-0.4, -0.2) is 130 Å². The van der Waals surface area contributed by atoms with Gasteiger partial charge in [-0.25, -0.2) is 39.7 Å². The number of nitrogens with one attached hydrogen (secondary N) is 7. The van der Waals surface area contributed by atoms with Gasteiger partial charge in [0.1, 0.15) is 18.6 Å². The number of carbonyl (C=O) groups is 7. The lowest BCUT2D eigenvalue weighted by Gasteiger charge is -2.36. The first-order valence-electron chi connectivity index (χ1n) is 27.4. The van der Waals surface area contributed by atoms with Gasteiger partial charge in [-0.2, -0.15) is 4.98 Å². The molecule has 3 amide bonds. The van der Waals surface area contributed by atoms with E-state index in [1.165, 1.54) is 43.3 Å². The number of amides is 3. The Morgan fingerprint density at radius 2 is 1.58 bits per heavy atom. The maximum absolute atomic E-state index is 13.9. The zero-order valence-corrected chi connectivity index (χ0v) is 50.1. The van der Waals surface area contributed by atoms with Crippen molar-refractivity contribution in [2.45, 2.75) is 71.4 Å². The molecule has 9 rings (SSSR count). The fourth-order valence-electron chi connectivity index (χ4n) is 10.6. The number of aromatic amines is 3. The number of anilines is 2. The molecule has 88 heavy (non-hydrogen) atoms. The number of H-pyrrole nitrogens is 3. The molecule has 4 aromatic heterocycles. The molecule has 28 heteroatoms. The summed E-state index contributed by atoms with van der Waals surface area (Å²) in [6, 6.07) is 12.3. The molecule has 1 aliphatic carbocycles. The molecule has 8 bridgehead atoms. The summed E-state index contributed by atoms with van der Waals surface area (Å²) in [6.07, 6.45) is 5.48. The number of esters is 2. The van der Waals surface area contributed by atoms with Gasteiger partial charge < -0.3 is 50.8 Å². The van der Waals surface area contributed by atoms with Crippen molar-refractivity contribution in [3.63, 3.8) is 0 Å². The molecule has 3 atom stereocenters. The van der Waals surface area contributed by atoms with Crippen molar-refractivity contribution < 1.29 is 58.0 Å². The number of hydrogen-bond acceptors (Lipinski definition) is 20. The van der Waals surface area contributed by atoms with Crippen LogP contribution in [0.3, 0.4) is 0 Å². The number of aliphatic carboxylic acids is 2. The van der Waals surface area contributed by atoms with Gasteiger partial charge in [0, 0.05) is 63.6 Å². The minimum absolute atomic E-state index is 0.0271. The monoisotopic (exact) mass is 1240 g/mol. The Morgan fingerprint density at radius 1 is 0.841 bits per heavy atom. The number of methoxy groups -OCH3 is 2. The SMILES string of the molecule is C=CC1=C(C)c2cc3[nH]c(cc4nc(cc5[nH]c(cc1n2)c(C)c5CCC(=O)O)C(CCC(=O)NNC(=O)OCCSSCC(NC(=O)c1ccc(NCc2cnc5nc(N)[nH]c(=O)c5n2)cc1)C(=O)O)=C4C)[C@@]1(C)C3=CC=C(C(=O)OC)[C@H]1C(=O)OC. The van der Waals surface area contributed by atoms with Crippen LogP contribution < -0.4 is 32.8 Å². The quantitative estimate of drug-likeness (QED) is 0.0120. The largest absolute Gasteiger partial charge is 0.481 e. The highest BCUT2D eigenvalue weighted by atomic mass is 33.1. The van der Waals surface area contributed by atoms with Crippen molar-refractivity contribution in [1.29, 1.82) is 0 Å². The number of hydrogen-bond donors (Lipinski definition) is 10. The standard InChI is InChI=1S/C60H61N13O13S2/c1-8-34-28(2)40-22-45-38-16-13-37(56(81)84-6)50(57(82)85-7)60(38,5)47(68-45)24-41-30(4)35(43(67-41)23-44-36(15-18-49(75)76)29(3)39(66-44)21-42(34)65-40)14-17-48(74)72-73-59(83)86-19-20-87-88-27-46(55(79)80)69-53(77)31-9-11-32(12-10-31)62-25-33-26-63-52-51(64-33)54(78)71-58(61)70-52/h8-13,16,21-24,26,46,50,62,66,68H,1,14-15,17-20,25,27H2,2-7H3,(H,69,77)(H,72,74)(H,73,83)(H,75,76)(H,79,80)(H3,61,63,70,71,78)/t46?,50-,60+/m0/s1. The molecule has 5 aromatic rings. The number of carboxylic acid groups (broad SMARTS) is 2. The first-order valence-corrected chi connectivity index (χ1v) is 29.8. The second-order valence-corrected chi connectivity index (χ2v) is 23.3. The minimum atomic E-state index is -1.26. The third-order valence-electron chi connectivity index (χ3n) is 15.2. The van der Waals surface area contributed by atoms with Crippen molar-refractivity contribution in [3.05, 3.63) is 152 Å². The number of aryl methyl sites for hydroxylation is 2. The first kappa shape index (κ1) is 62.4. The van der Waals surface area contributed by atoms with Crippen LogP contribution in [0.1, 0.15) is 101 Å². The molecule has 0 fully saturated rings. The van der Waals surface area contributed by atoms with E-state index in [-0.39, 0.29) is 78.6 Å². The van der Waals surface area contributed by atoms with Gasteiger partial charge in [-0.3, -0.25) is 34.4 Å². The molecule has 26 nitrogen and oxygen atoms in total. The Morgan fingerprint density at radius 3 is 2.30 bits per heavy atom. The summed E-state index contributed by atoms with van der Waals surface area (Å²) in [6.45, 7) is 11.6. The molecule has 7 heterocycles. The highest BCUT2D eigenvalue weighted by Crippen LogP contribution is 2.53. The summed E-state index contributed by atoms with van der Waals surface area (Å²) in [4.78, 5) is 135. The molecule has 0 saturated heterocycles. The Kier molecular flexibility index (Phi) is 18.9. The van der Waals surface area contributed by atoms with Gasteiger partial charge in [-0.1, -0.05) is 46.4 Å². The van der Waals surface area contributed by atoms with Gasteiger partial charge >= 0.3 is 30.0 Å². The van der Waals surface area contributed by atoms with Crippen molar-refractivity contribution >= 4 is 125 Å². The van der Waals surface area contributed by atoms with Gasteiger partial charge in [0.15, 0.2) is 11.2 Å². The van der Waals surface area contributed by atoms with E-state index in [4.69, 9.17) is 29.9 Å². The molecule has 1 aromatic carbocycles. The van der Waals surface area contributed by atoms with E-state index < -0.39 is 64.7 Å². The van der Waals surface area contributed by atoms with Gasteiger partial charge in [0.2, 0.25) is 11.9 Å². The highest BCUT2D eigenvalue weighted by molar-refractivity contribution is 8.76. The van der Waals surface area contributed by atoms with Crippen molar-refractivity contribution in [2.24, 2.45) is 5.92 Å². The number of hydrazine groups is 1. The van der Waals surface area contributed by atoms with Crippen LogP contribution in [0, 0.1) is 12.8 Å². The lowest BCUT2D eigenvalue weighted by molar-refractivity contribution is -0.149. The van der Waals surface area contributed by atoms with Crippen LogP contribution >= 0.6 is 21.6 Å². The number of rotatable bonds is 21. The second kappa shape index (κ2) is 26.7. The summed E-state index contributed by atoms with van der Waals surface area (Å²) >= 11 is 0. The van der Waals surface area contributed by atoms with Crippen LogP contribution in [0.2, 0.25) is 0 Å². The number of carbonyl (C=O) groups excluding carboxylic acids is 5. The number of aromatic nitrogens is 8. The zero-order chi connectivity index (χ0) is 63.1. The zero-order valence-electron chi connectivity index (χ0n) is 48.5. The van der Waals surface area contributed by atoms with Crippen molar-refractivity contribution in [1.82, 2.24) is 56.0 Å². The van der Waals surface area contributed by atoms with E-state index in [2.05, 4.69) is 58.0 Å². The molecular formula is C60H61N13O13S2. The van der Waals surface area contributed by atoms with Crippen LogP contribution in [0.25, 0.3) is 50.1 Å². The van der Waals surface area contributed by atoms with Gasteiger partial charge in [0.25, 0.3) is 11.5 Å². The summed E-state index contributed by atoms with van der Waals surface area (Å²) in [5.74, 6) is -5.91. The molecule has 456 valence electrons. The van der Waals surface area contributed by atoms with E-state index in [1.54, 1.807) is 42.5 Å². The lowest BCUT2D eigenvalue weighted by atomic mass is 9.64. The van der Waals surface area contributed by atoms with E-state index in [9.17, 15) is 48.6 Å². The number of allylic oxidation sites excluding steroid dienone is 8. The summed E-state index contributed by atoms with van der Waals surface area (Å²) < 4.78 is 15.8. The van der Waals surface area contributed by atoms with Crippen LogP contribution in [0.5, 0.6) is 0 Å². The molecule has 3 aliphatic heterocycles. The third-order valence-corrected chi connectivity index (χ3v) is 17.6. The maximum Gasteiger partial charge on any atom is 0.426 e.